The van der Waals surface area contributed by atoms with Gasteiger partial charge >= 0.3 is 0 Å². The van der Waals surface area contributed by atoms with E-state index in [1.165, 1.54) is 6.07 Å². The summed E-state index contributed by atoms with van der Waals surface area (Å²) in [6.07, 6.45) is 2.21. The largest absolute Gasteiger partial charge is 0.322 e. The molecule has 0 bridgehead atoms. The number of amides is 1. The number of halogens is 3. The van der Waals surface area contributed by atoms with Gasteiger partial charge in [-0.1, -0.05) is 0 Å². The Morgan fingerprint density at radius 3 is 2.78 bits per heavy atom. The van der Waals surface area contributed by atoms with Crippen LogP contribution < -0.4 is 10.6 Å². The highest BCUT2D eigenvalue weighted by Gasteiger charge is 2.26. The van der Waals surface area contributed by atoms with Crippen LogP contribution in [0.2, 0.25) is 0 Å². The van der Waals surface area contributed by atoms with Gasteiger partial charge in [-0.3, -0.25) is 4.79 Å². The lowest BCUT2D eigenvalue weighted by molar-refractivity contribution is -0.117. The number of nitrogens with one attached hydrogen (secondary N) is 2. The molecule has 98 valence electrons. The predicted molar refractivity (Wildman–Crippen MR) is 73.8 cm³/mol. The fourth-order valence-electron chi connectivity index (χ4n) is 1.45. The van der Waals surface area contributed by atoms with Gasteiger partial charge in [0.05, 0.1) is 11.7 Å². The van der Waals surface area contributed by atoms with Crippen molar-refractivity contribution in [2.24, 2.45) is 0 Å². The van der Waals surface area contributed by atoms with Crippen molar-refractivity contribution >= 4 is 43.5 Å². The quantitative estimate of drug-likeness (QED) is 0.789. The number of aromatic nitrogens is 1. The number of rotatable bonds is 4. The lowest BCUT2D eigenvalue weighted by Crippen LogP contribution is -2.39. The van der Waals surface area contributed by atoms with E-state index < -0.39 is 5.82 Å². The Kier molecular flexibility index (Phi) is 4.34. The van der Waals surface area contributed by atoms with E-state index >= 15 is 0 Å². The van der Waals surface area contributed by atoms with E-state index in [2.05, 4.69) is 47.5 Å². The summed E-state index contributed by atoms with van der Waals surface area (Å²) in [5.41, 5.74) is 0.324. The van der Waals surface area contributed by atoms with Crippen LogP contribution in [0.5, 0.6) is 0 Å². The first-order valence-corrected chi connectivity index (χ1v) is 7.14. The average Bonchev–Trinajstić information content (AvgIpc) is 3.09. The van der Waals surface area contributed by atoms with Crippen LogP contribution in [0.15, 0.2) is 15.3 Å². The fourth-order valence-corrected chi connectivity index (χ4v) is 2.37. The molecule has 1 aliphatic rings. The van der Waals surface area contributed by atoms with E-state index in [1.54, 1.807) is 6.92 Å². The smallest absolute Gasteiger partial charge is 0.241 e. The number of carbonyl (C=O) groups is 1. The predicted octanol–water partition coefficient (Wildman–Crippen LogP) is 2.82. The molecule has 1 heterocycles. The van der Waals surface area contributed by atoms with Gasteiger partial charge < -0.3 is 10.6 Å². The summed E-state index contributed by atoms with van der Waals surface area (Å²) in [4.78, 5) is 15.7. The third-order valence-corrected chi connectivity index (χ3v) is 3.76. The van der Waals surface area contributed by atoms with Gasteiger partial charge in [0.2, 0.25) is 5.91 Å². The molecule has 1 amide bonds. The van der Waals surface area contributed by atoms with Crippen molar-refractivity contribution in [2.45, 2.75) is 31.8 Å². The minimum atomic E-state index is -0.517. The van der Waals surface area contributed by atoms with Crippen LogP contribution in [0.1, 0.15) is 19.8 Å². The highest BCUT2D eigenvalue weighted by Crippen LogP contribution is 2.25. The van der Waals surface area contributed by atoms with Gasteiger partial charge in [0.1, 0.15) is 9.21 Å². The molecule has 0 aliphatic heterocycles. The van der Waals surface area contributed by atoms with Crippen molar-refractivity contribution in [1.29, 1.82) is 0 Å². The molecule has 1 saturated carbocycles. The van der Waals surface area contributed by atoms with E-state index in [9.17, 15) is 9.18 Å². The third-order valence-electron chi connectivity index (χ3n) is 2.60. The maximum atomic E-state index is 13.3. The number of anilines is 1. The molecule has 0 spiro atoms. The highest BCUT2D eigenvalue weighted by molar-refractivity contribution is 9.11. The molecule has 0 radical (unpaired) electrons. The van der Waals surface area contributed by atoms with Gasteiger partial charge in [0.15, 0.2) is 5.82 Å². The van der Waals surface area contributed by atoms with E-state index in [4.69, 9.17) is 0 Å². The van der Waals surface area contributed by atoms with Crippen LogP contribution in [-0.2, 0) is 4.79 Å². The molecule has 1 aromatic heterocycles. The second kappa shape index (κ2) is 5.63. The first-order valence-electron chi connectivity index (χ1n) is 5.56. The second-order valence-corrected chi connectivity index (χ2v) is 5.75. The molecule has 1 unspecified atom stereocenters. The number of carbonyl (C=O) groups excluding carboxylic acids is 1. The molecule has 1 aliphatic carbocycles. The van der Waals surface area contributed by atoms with Crippen molar-refractivity contribution in [1.82, 2.24) is 10.3 Å². The van der Waals surface area contributed by atoms with Crippen molar-refractivity contribution in [3.05, 3.63) is 21.1 Å². The normalized spacial score (nSPS) is 16.4. The summed E-state index contributed by atoms with van der Waals surface area (Å²) in [5, 5.41) is 5.81. The Morgan fingerprint density at radius 1 is 1.50 bits per heavy atom. The van der Waals surface area contributed by atoms with Crippen molar-refractivity contribution in [2.75, 3.05) is 5.32 Å². The Labute approximate surface area is 121 Å². The van der Waals surface area contributed by atoms with E-state index in [1.807, 2.05) is 0 Å². The summed E-state index contributed by atoms with van der Waals surface area (Å²) in [6.45, 7) is 1.78. The lowest BCUT2D eigenvalue weighted by Gasteiger charge is -2.14. The lowest BCUT2D eigenvalue weighted by atomic mass is 10.3. The van der Waals surface area contributed by atoms with Gasteiger partial charge in [0, 0.05) is 12.1 Å². The van der Waals surface area contributed by atoms with Crippen molar-refractivity contribution in [3.8, 4) is 0 Å². The second-order valence-electron chi connectivity index (χ2n) is 4.25. The maximum absolute atomic E-state index is 13.3. The van der Waals surface area contributed by atoms with Crippen LogP contribution in [0.4, 0.5) is 10.1 Å². The molecule has 18 heavy (non-hydrogen) atoms. The number of hydrogen-bond acceptors (Lipinski definition) is 3. The maximum Gasteiger partial charge on any atom is 0.241 e. The van der Waals surface area contributed by atoms with Crippen molar-refractivity contribution in [3.63, 3.8) is 0 Å². The summed E-state index contributed by atoms with van der Waals surface area (Å²) in [5.74, 6) is -0.720. The topological polar surface area (TPSA) is 54.0 Å². The summed E-state index contributed by atoms with van der Waals surface area (Å²) in [7, 11) is 0. The Balaban J connectivity index is 2.03. The van der Waals surface area contributed by atoms with Crippen LogP contribution in [0, 0.1) is 5.82 Å². The van der Waals surface area contributed by atoms with Crippen LogP contribution in [0.3, 0.4) is 0 Å². The molecule has 2 N–H and O–H groups in total. The average molecular weight is 381 g/mol. The van der Waals surface area contributed by atoms with E-state index in [0.29, 0.717) is 16.3 Å². The summed E-state index contributed by atoms with van der Waals surface area (Å²) in [6, 6.07) is 1.35. The Bertz CT molecular complexity index is 480. The molecule has 0 aromatic carbocycles. The van der Waals surface area contributed by atoms with Crippen LogP contribution in [0.25, 0.3) is 0 Å². The van der Waals surface area contributed by atoms with E-state index in [-0.39, 0.29) is 16.6 Å². The zero-order valence-corrected chi connectivity index (χ0v) is 12.8. The third kappa shape index (κ3) is 3.49. The van der Waals surface area contributed by atoms with Gasteiger partial charge in [0.25, 0.3) is 0 Å². The van der Waals surface area contributed by atoms with E-state index in [0.717, 1.165) is 12.8 Å². The number of hydrogen-bond donors (Lipinski definition) is 2. The zero-order valence-electron chi connectivity index (χ0n) is 9.64. The Morgan fingerprint density at radius 2 is 2.17 bits per heavy atom. The number of nitrogens with zero attached hydrogens (tertiary/aromatic N) is 1. The van der Waals surface area contributed by atoms with Crippen molar-refractivity contribution < 1.29 is 9.18 Å². The standard InChI is InChI=1S/C11H12Br2FN3O/c1-5(15-6-2-3-6)11(18)16-8-4-7(14)9(12)17-10(8)13/h4-6,15H,2-3H2,1H3,(H,16,18). The van der Waals surface area contributed by atoms with Crippen LogP contribution in [-0.4, -0.2) is 23.0 Å². The summed E-state index contributed by atoms with van der Waals surface area (Å²) < 4.78 is 13.8. The molecule has 7 heteroatoms. The molecule has 1 fully saturated rings. The van der Waals surface area contributed by atoms with Gasteiger partial charge in [-0.15, -0.1) is 0 Å². The zero-order chi connectivity index (χ0) is 13.3. The molecular formula is C11H12Br2FN3O. The van der Waals surface area contributed by atoms with Gasteiger partial charge in [-0.25, -0.2) is 9.37 Å². The number of pyridine rings is 1. The molecule has 1 atom stereocenters. The van der Waals surface area contributed by atoms with Gasteiger partial charge in [-0.2, -0.15) is 0 Å². The first-order chi connectivity index (χ1) is 8.47. The Hall–Kier alpha value is -0.530. The molecular weight excluding hydrogens is 369 g/mol. The minimum Gasteiger partial charge on any atom is -0.322 e. The first kappa shape index (κ1) is 13.9. The fraction of sp³-hybridized carbons (Fsp3) is 0.455. The molecule has 4 nitrogen and oxygen atoms in total. The molecule has 0 saturated heterocycles. The van der Waals surface area contributed by atoms with Crippen LogP contribution >= 0.6 is 31.9 Å². The summed E-state index contributed by atoms with van der Waals surface area (Å²) >= 11 is 6.15. The highest BCUT2D eigenvalue weighted by atomic mass is 79.9. The SMILES string of the molecule is CC(NC1CC1)C(=O)Nc1cc(F)c(Br)nc1Br. The monoisotopic (exact) mass is 379 g/mol. The minimum absolute atomic E-state index is 0.108. The molecule has 2 rings (SSSR count). The molecule has 1 aromatic rings. The van der Waals surface area contributed by atoms with Gasteiger partial charge in [-0.05, 0) is 51.6 Å².